The van der Waals surface area contributed by atoms with Gasteiger partial charge in [0, 0.05) is 12.0 Å². The first-order valence-corrected chi connectivity index (χ1v) is 4.26. The molecule has 0 amide bonds. The Labute approximate surface area is 67.0 Å². The molecule has 0 aliphatic carbocycles. The van der Waals surface area contributed by atoms with Crippen LogP contribution in [0.4, 0.5) is 0 Å². The highest BCUT2D eigenvalue weighted by Gasteiger charge is 2.24. The number of hydrogen-bond donors (Lipinski definition) is 2. The predicted octanol–water partition coefficient (Wildman–Crippen LogP) is -0.0380. The molecule has 0 saturated carbocycles. The van der Waals surface area contributed by atoms with E-state index in [-0.39, 0.29) is 13.0 Å². The largest absolute Gasteiger partial charge is 0.396 e. The van der Waals surface area contributed by atoms with Gasteiger partial charge in [-0.3, -0.25) is 0 Å². The summed E-state index contributed by atoms with van der Waals surface area (Å²) in [5.74, 6) is 0. The molecule has 0 saturated heterocycles. The van der Waals surface area contributed by atoms with Crippen molar-refractivity contribution in [1.82, 2.24) is 0 Å². The molecule has 0 fully saturated rings. The Bertz CT molecular complexity index is 242. The van der Waals surface area contributed by atoms with Crippen LogP contribution in [0.5, 0.6) is 0 Å². The predicted molar refractivity (Wildman–Crippen MR) is 42.0 cm³/mol. The van der Waals surface area contributed by atoms with Crippen molar-refractivity contribution in [1.29, 1.82) is 0 Å². The van der Waals surface area contributed by atoms with E-state index < -0.39 is 20.8 Å². The van der Waals surface area contributed by atoms with E-state index in [1.807, 2.05) is 0 Å². The fourth-order valence-electron chi connectivity index (χ4n) is 0.612. The van der Waals surface area contributed by atoms with Crippen molar-refractivity contribution in [2.24, 2.45) is 5.41 Å². The highest BCUT2D eigenvalue weighted by Crippen LogP contribution is 2.19. The summed E-state index contributed by atoms with van der Waals surface area (Å²) >= 11 is 0. The van der Waals surface area contributed by atoms with Crippen molar-refractivity contribution in [3.05, 3.63) is 0 Å². The van der Waals surface area contributed by atoms with Gasteiger partial charge in [-0.1, -0.05) is 13.8 Å². The lowest BCUT2D eigenvalue weighted by atomic mass is 9.91. The van der Waals surface area contributed by atoms with Crippen LogP contribution in [-0.4, -0.2) is 30.3 Å². The van der Waals surface area contributed by atoms with Gasteiger partial charge in [-0.05, 0) is 6.42 Å². The Morgan fingerprint density at radius 3 is 2.18 bits per heavy atom. The number of hydrogen-bond acceptors (Lipinski definition) is 3. The molecule has 2 N–H and O–H groups in total. The van der Waals surface area contributed by atoms with Gasteiger partial charge in [-0.15, -0.1) is 0 Å². The van der Waals surface area contributed by atoms with Gasteiger partial charge < -0.3 is 10.2 Å². The summed E-state index contributed by atoms with van der Waals surface area (Å²) in [6.07, 6.45) is 0.229. The normalized spacial score (nSPS) is 11.3. The van der Waals surface area contributed by atoms with Gasteiger partial charge in [0.1, 0.15) is 0 Å². The fraction of sp³-hybridized carbons (Fsp3) is 0.833. The van der Waals surface area contributed by atoms with E-state index >= 15 is 0 Å². The van der Waals surface area contributed by atoms with Gasteiger partial charge in [0.2, 0.25) is 10.3 Å². The molecular formula is C6H12O4S. The summed E-state index contributed by atoms with van der Waals surface area (Å²) in [6.45, 7) is 2.96. The molecule has 0 aromatic carbocycles. The van der Waals surface area contributed by atoms with Crippen molar-refractivity contribution < 1.29 is 18.6 Å². The summed E-state index contributed by atoms with van der Waals surface area (Å²) in [5, 5.41) is 16.9. The van der Waals surface area contributed by atoms with E-state index in [9.17, 15) is 8.42 Å². The zero-order valence-corrected chi connectivity index (χ0v) is 7.35. The number of aliphatic hydroxyl groups is 2. The van der Waals surface area contributed by atoms with Crippen LogP contribution in [0.3, 0.4) is 0 Å². The van der Waals surface area contributed by atoms with E-state index in [1.165, 1.54) is 0 Å². The molecule has 0 aromatic rings. The van der Waals surface area contributed by atoms with Gasteiger partial charge in [0.05, 0.1) is 0 Å². The Balaban J connectivity index is 4.71. The molecule has 0 aliphatic heterocycles. The van der Waals surface area contributed by atoms with Crippen LogP contribution in [0.15, 0.2) is 0 Å². The molecule has 0 bridgehead atoms. The van der Waals surface area contributed by atoms with E-state index in [0.29, 0.717) is 0 Å². The minimum absolute atomic E-state index is 0.145. The molecule has 11 heavy (non-hydrogen) atoms. The molecule has 0 spiro atoms. The smallest absolute Gasteiger partial charge is 0.241 e. The summed E-state index contributed by atoms with van der Waals surface area (Å²) in [7, 11) is -2.57. The van der Waals surface area contributed by atoms with Crippen LogP contribution in [0.25, 0.3) is 0 Å². The zero-order valence-electron chi connectivity index (χ0n) is 6.53. The highest BCUT2D eigenvalue weighted by atomic mass is 32.2. The Morgan fingerprint density at radius 1 is 1.45 bits per heavy atom. The standard InChI is InChI=1S/C6H12O4S/c1-6(2,3-4-7)5(8)11(9)10/h7-8H,3-4H2,1-2H3. The molecule has 4 nitrogen and oxygen atoms in total. The van der Waals surface area contributed by atoms with Crippen molar-refractivity contribution >= 4 is 15.3 Å². The van der Waals surface area contributed by atoms with Crippen LogP contribution >= 0.6 is 0 Å². The maximum absolute atomic E-state index is 10.3. The molecule has 0 unspecified atom stereocenters. The second-order valence-corrected chi connectivity index (χ2v) is 3.75. The Hall–Kier alpha value is -0.390. The van der Waals surface area contributed by atoms with Crippen molar-refractivity contribution in [2.45, 2.75) is 20.3 Å². The molecule has 0 radical (unpaired) electrons. The lowest BCUT2D eigenvalue weighted by Gasteiger charge is -2.19. The average Bonchev–Trinajstić information content (AvgIpc) is 1.86. The van der Waals surface area contributed by atoms with Crippen LogP contribution in [-0.2, 0) is 10.3 Å². The quantitative estimate of drug-likeness (QED) is 0.598. The van der Waals surface area contributed by atoms with Crippen LogP contribution in [0.1, 0.15) is 20.3 Å². The Kier molecular flexibility index (Phi) is 3.71. The SMILES string of the molecule is CC(C)(CCO)C(O)=S(=O)=O. The van der Waals surface area contributed by atoms with Crippen molar-refractivity contribution in [3.8, 4) is 0 Å². The molecule has 0 aliphatic rings. The first kappa shape index (κ1) is 10.6. The van der Waals surface area contributed by atoms with E-state index in [2.05, 4.69) is 0 Å². The lowest BCUT2D eigenvalue weighted by Crippen LogP contribution is -2.25. The molecule has 0 rings (SSSR count). The summed E-state index contributed by atoms with van der Waals surface area (Å²) in [5.41, 5.74) is -0.860. The average molecular weight is 180 g/mol. The van der Waals surface area contributed by atoms with E-state index in [0.717, 1.165) is 0 Å². The third-order valence-electron chi connectivity index (χ3n) is 1.47. The summed E-state index contributed by atoms with van der Waals surface area (Å²) < 4.78 is 20.5. The molecular weight excluding hydrogens is 168 g/mol. The third kappa shape index (κ3) is 3.00. The lowest BCUT2D eigenvalue weighted by molar-refractivity contribution is 0.239. The van der Waals surface area contributed by atoms with Gasteiger partial charge in [-0.25, -0.2) is 0 Å². The maximum Gasteiger partial charge on any atom is 0.241 e. The van der Waals surface area contributed by atoms with Gasteiger partial charge in [0.15, 0.2) is 5.05 Å². The van der Waals surface area contributed by atoms with Crippen molar-refractivity contribution in [2.75, 3.05) is 6.61 Å². The second-order valence-electron chi connectivity index (χ2n) is 2.90. The molecule has 0 aromatic heterocycles. The van der Waals surface area contributed by atoms with Crippen LogP contribution in [0.2, 0.25) is 0 Å². The van der Waals surface area contributed by atoms with E-state index in [1.54, 1.807) is 13.8 Å². The highest BCUT2D eigenvalue weighted by molar-refractivity contribution is 7.72. The summed E-state index contributed by atoms with van der Waals surface area (Å²) in [4.78, 5) is 0. The monoisotopic (exact) mass is 180 g/mol. The number of rotatable bonds is 3. The molecule has 0 atom stereocenters. The first-order valence-electron chi connectivity index (χ1n) is 3.18. The minimum atomic E-state index is -2.57. The Morgan fingerprint density at radius 2 is 1.91 bits per heavy atom. The number of aliphatic hydroxyl groups excluding tert-OH is 2. The van der Waals surface area contributed by atoms with Crippen LogP contribution < -0.4 is 0 Å². The first-order chi connectivity index (χ1) is 4.91. The second kappa shape index (κ2) is 3.85. The minimum Gasteiger partial charge on any atom is -0.396 e. The fourth-order valence-corrected chi connectivity index (χ4v) is 1.17. The topological polar surface area (TPSA) is 74.6 Å². The van der Waals surface area contributed by atoms with Gasteiger partial charge >= 0.3 is 0 Å². The third-order valence-corrected chi connectivity index (χ3v) is 2.34. The molecule has 66 valence electrons. The molecule has 0 heterocycles. The maximum atomic E-state index is 10.3. The zero-order chi connectivity index (χ0) is 9.07. The van der Waals surface area contributed by atoms with Gasteiger partial charge in [0.25, 0.3) is 0 Å². The van der Waals surface area contributed by atoms with E-state index in [4.69, 9.17) is 10.2 Å². The molecule has 5 heteroatoms. The summed E-state index contributed by atoms with van der Waals surface area (Å²) in [6, 6.07) is 0. The van der Waals surface area contributed by atoms with Crippen LogP contribution in [0, 0.1) is 5.41 Å². The van der Waals surface area contributed by atoms with Crippen molar-refractivity contribution in [3.63, 3.8) is 0 Å². The van der Waals surface area contributed by atoms with Gasteiger partial charge in [-0.2, -0.15) is 8.42 Å².